The van der Waals surface area contributed by atoms with Crippen LogP contribution >= 0.6 is 0 Å². The van der Waals surface area contributed by atoms with Gasteiger partial charge < -0.3 is 10.7 Å². The number of aryl methyl sites for hydroxylation is 1. The molecule has 2 fully saturated rings. The van der Waals surface area contributed by atoms with Crippen molar-refractivity contribution >= 4 is 5.82 Å². The second-order valence-electron chi connectivity index (χ2n) is 9.30. The number of anilines is 1. The first-order chi connectivity index (χ1) is 15.3. The van der Waals surface area contributed by atoms with Gasteiger partial charge in [-0.3, -0.25) is 9.58 Å². The molecule has 6 rings (SSSR count). The number of nitrogens with two attached hydrogens (primary N) is 1. The van der Waals surface area contributed by atoms with Gasteiger partial charge in [-0.2, -0.15) is 18.3 Å². The van der Waals surface area contributed by atoms with Crippen LogP contribution in [0.5, 0.6) is 0 Å². The molecule has 1 spiro atoms. The van der Waals surface area contributed by atoms with Crippen LogP contribution in [0, 0.1) is 5.92 Å². The zero-order valence-electron chi connectivity index (χ0n) is 17.4. The quantitative estimate of drug-likeness (QED) is 0.641. The fourth-order valence-electron chi connectivity index (χ4n) is 5.55. The Morgan fingerprint density at radius 1 is 1.16 bits per heavy atom. The maximum Gasteiger partial charge on any atom is 0.419 e. The van der Waals surface area contributed by atoms with E-state index in [1.807, 2.05) is 23.1 Å². The molecule has 2 aliphatic heterocycles. The zero-order valence-corrected chi connectivity index (χ0v) is 17.4. The third-order valence-electron chi connectivity index (χ3n) is 7.29. The Balaban J connectivity index is 1.30. The van der Waals surface area contributed by atoms with Crippen molar-refractivity contribution in [2.75, 3.05) is 18.8 Å². The van der Waals surface area contributed by atoms with Crippen LogP contribution in [-0.4, -0.2) is 42.7 Å². The molecular weight excluding hydrogens is 419 g/mol. The van der Waals surface area contributed by atoms with E-state index in [0.29, 0.717) is 23.2 Å². The number of aromatic nitrogens is 5. The lowest BCUT2D eigenvalue weighted by Crippen LogP contribution is -2.33. The Morgan fingerprint density at radius 2 is 1.97 bits per heavy atom. The lowest BCUT2D eigenvalue weighted by molar-refractivity contribution is -0.137. The molecular formula is C22H24F3N7. The molecule has 10 heteroatoms. The van der Waals surface area contributed by atoms with E-state index in [1.54, 1.807) is 0 Å². The molecule has 1 saturated heterocycles. The van der Waals surface area contributed by atoms with Gasteiger partial charge in [-0.25, -0.2) is 9.97 Å². The first kappa shape index (κ1) is 19.8. The fourth-order valence-corrected chi connectivity index (χ4v) is 5.55. The van der Waals surface area contributed by atoms with E-state index in [9.17, 15) is 13.2 Å². The van der Waals surface area contributed by atoms with Crippen molar-refractivity contribution in [1.82, 2.24) is 29.6 Å². The number of fused-ring (bicyclic) bond motifs is 2. The molecule has 7 nitrogen and oxygen atoms in total. The van der Waals surface area contributed by atoms with Crippen molar-refractivity contribution in [2.45, 2.75) is 49.9 Å². The lowest BCUT2D eigenvalue weighted by atomic mass is 9.82. The predicted molar refractivity (Wildman–Crippen MR) is 111 cm³/mol. The molecule has 3 aliphatic rings. The van der Waals surface area contributed by atoms with Crippen LogP contribution in [0.2, 0.25) is 0 Å². The average Bonchev–Trinajstić information content (AvgIpc) is 3.15. The Hall–Kier alpha value is -2.88. The number of hydrogen-bond donors (Lipinski definition) is 2. The molecule has 1 unspecified atom stereocenters. The summed E-state index contributed by atoms with van der Waals surface area (Å²) >= 11 is 0. The largest absolute Gasteiger partial charge is 0.419 e. The van der Waals surface area contributed by atoms with Crippen LogP contribution in [0.3, 0.4) is 0 Å². The van der Waals surface area contributed by atoms with Crippen molar-refractivity contribution < 1.29 is 13.2 Å². The molecule has 0 bridgehead atoms. The topological polar surface area (TPSA) is 88.7 Å². The summed E-state index contributed by atoms with van der Waals surface area (Å²) in [4.78, 5) is 14.1. The first-order valence-corrected chi connectivity index (χ1v) is 11.0. The minimum atomic E-state index is -4.55. The molecule has 3 aromatic heterocycles. The normalized spacial score (nSPS) is 24.3. The molecule has 1 aliphatic carbocycles. The summed E-state index contributed by atoms with van der Waals surface area (Å²) in [6.07, 6.45) is 4.96. The van der Waals surface area contributed by atoms with Gasteiger partial charge in [0.15, 0.2) is 0 Å². The summed E-state index contributed by atoms with van der Waals surface area (Å²) in [5.41, 5.74) is 6.47. The summed E-state index contributed by atoms with van der Waals surface area (Å²) in [6, 6.07) is 3.30. The Bertz CT molecular complexity index is 1150. The predicted octanol–water partition coefficient (Wildman–Crippen LogP) is 3.77. The summed E-state index contributed by atoms with van der Waals surface area (Å²) in [5.74, 6) is 1.16. The number of nitrogens with one attached hydrogen (secondary N) is 1. The highest BCUT2D eigenvalue weighted by Gasteiger charge is 2.50. The number of imidazole rings is 1. The zero-order chi connectivity index (χ0) is 22.1. The van der Waals surface area contributed by atoms with Crippen molar-refractivity contribution in [3.8, 4) is 11.3 Å². The van der Waals surface area contributed by atoms with Gasteiger partial charge in [-0.15, -0.1) is 0 Å². The van der Waals surface area contributed by atoms with E-state index in [0.717, 1.165) is 50.1 Å². The van der Waals surface area contributed by atoms with E-state index in [4.69, 9.17) is 5.73 Å². The summed E-state index contributed by atoms with van der Waals surface area (Å²) in [7, 11) is 0. The number of hydrogen-bond acceptors (Lipinski definition) is 5. The molecule has 168 valence electrons. The summed E-state index contributed by atoms with van der Waals surface area (Å²) in [5, 5.41) is 4.63. The molecule has 1 saturated carbocycles. The SMILES string of the molecule is Nc1ncc(-c2cc3n(n2)CC[C@]32CCN(C(c3ncc[nH]3)C3CC3)C2)cc1C(F)(F)F. The number of H-pyrrole nitrogens is 1. The third kappa shape index (κ3) is 3.11. The van der Waals surface area contributed by atoms with Crippen molar-refractivity contribution in [2.24, 2.45) is 5.92 Å². The first-order valence-electron chi connectivity index (χ1n) is 11.0. The highest BCUT2D eigenvalue weighted by Crippen LogP contribution is 2.50. The number of likely N-dealkylation sites (tertiary alicyclic amines) is 1. The molecule has 3 aromatic rings. The van der Waals surface area contributed by atoms with E-state index >= 15 is 0 Å². The van der Waals surface area contributed by atoms with Gasteiger partial charge in [0.2, 0.25) is 0 Å². The smallest absolute Gasteiger partial charge is 0.383 e. The number of nitrogens with zero attached hydrogens (tertiary/aromatic N) is 5. The Labute approximate surface area is 182 Å². The van der Waals surface area contributed by atoms with E-state index in [1.165, 1.54) is 19.0 Å². The van der Waals surface area contributed by atoms with Gasteiger partial charge in [-0.1, -0.05) is 0 Å². The van der Waals surface area contributed by atoms with Gasteiger partial charge in [-0.05, 0) is 50.3 Å². The van der Waals surface area contributed by atoms with Crippen LogP contribution < -0.4 is 5.73 Å². The minimum Gasteiger partial charge on any atom is -0.383 e. The average molecular weight is 443 g/mol. The number of halogens is 3. The van der Waals surface area contributed by atoms with Crippen molar-refractivity contribution in [3.63, 3.8) is 0 Å². The van der Waals surface area contributed by atoms with Gasteiger partial charge in [0, 0.05) is 48.4 Å². The molecule has 5 heterocycles. The molecule has 32 heavy (non-hydrogen) atoms. The molecule has 3 N–H and O–H groups in total. The fraction of sp³-hybridized carbons (Fsp3) is 0.500. The van der Waals surface area contributed by atoms with Gasteiger partial charge in [0.25, 0.3) is 0 Å². The standard InChI is InChI=1S/C22H24F3N7/c23-22(24,25)15-9-14(11-29-19(15)26)16-10-17-21(4-8-32(17)30-16)3-7-31(12-21)18(13-1-2-13)20-27-5-6-28-20/h5-6,9-11,13,18H,1-4,7-8,12H2,(H2,26,29)(H,27,28)/t18?,21-/m0/s1. The maximum absolute atomic E-state index is 13.3. The Kier molecular flexibility index (Phi) is 4.21. The maximum atomic E-state index is 13.3. The third-order valence-corrected chi connectivity index (χ3v) is 7.29. The number of pyridine rings is 1. The second kappa shape index (κ2) is 6.81. The van der Waals surface area contributed by atoms with Crippen LogP contribution in [0.1, 0.15) is 48.8 Å². The summed E-state index contributed by atoms with van der Waals surface area (Å²) in [6.45, 7) is 2.66. The van der Waals surface area contributed by atoms with Gasteiger partial charge in [0.1, 0.15) is 11.6 Å². The Morgan fingerprint density at radius 3 is 2.69 bits per heavy atom. The highest BCUT2D eigenvalue weighted by molar-refractivity contribution is 5.63. The van der Waals surface area contributed by atoms with Crippen LogP contribution in [0.25, 0.3) is 11.3 Å². The molecule has 0 aromatic carbocycles. The monoisotopic (exact) mass is 443 g/mol. The molecule has 0 radical (unpaired) electrons. The van der Waals surface area contributed by atoms with Gasteiger partial charge in [0.05, 0.1) is 17.3 Å². The van der Waals surface area contributed by atoms with Crippen molar-refractivity contribution in [3.05, 3.63) is 47.8 Å². The summed E-state index contributed by atoms with van der Waals surface area (Å²) < 4.78 is 41.8. The lowest BCUT2D eigenvalue weighted by Gasteiger charge is -2.29. The van der Waals surface area contributed by atoms with Crippen LogP contribution in [-0.2, 0) is 18.1 Å². The van der Waals surface area contributed by atoms with Crippen molar-refractivity contribution in [1.29, 1.82) is 0 Å². The molecule has 2 atom stereocenters. The van der Waals surface area contributed by atoms with Crippen LogP contribution in [0.4, 0.5) is 19.0 Å². The highest BCUT2D eigenvalue weighted by atomic mass is 19.4. The molecule has 0 amide bonds. The van der Waals surface area contributed by atoms with Gasteiger partial charge >= 0.3 is 6.18 Å². The number of rotatable bonds is 4. The van der Waals surface area contributed by atoms with E-state index < -0.39 is 17.6 Å². The second-order valence-corrected chi connectivity index (χ2v) is 9.30. The van der Waals surface area contributed by atoms with E-state index in [2.05, 4.69) is 25.0 Å². The number of aromatic amines is 1. The van der Waals surface area contributed by atoms with E-state index in [-0.39, 0.29) is 5.41 Å². The number of alkyl halides is 3. The minimum absolute atomic E-state index is 0.0287. The number of nitrogen functional groups attached to an aromatic ring is 1. The van der Waals surface area contributed by atoms with Crippen LogP contribution in [0.15, 0.2) is 30.7 Å².